The summed E-state index contributed by atoms with van der Waals surface area (Å²) in [4.78, 5) is 34.8. The number of carbonyl (C=O) groups is 1. The summed E-state index contributed by atoms with van der Waals surface area (Å²) in [5, 5.41) is 3.73. The highest BCUT2D eigenvalue weighted by Crippen LogP contribution is 2.34. The molecular weight excluding hydrogens is 466 g/mol. The van der Waals surface area contributed by atoms with E-state index in [2.05, 4.69) is 27.4 Å². The first kappa shape index (κ1) is 22.7. The summed E-state index contributed by atoms with van der Waals surface area (Å²) >= 11 is 3.06. The zero-order chi connectivity index (χ0) is 23.5. The van der Waals surface area contributed by atoms with Gasteiger partial charge in [0, 0.05) is 22.5 Å². The first-order valence-electron chi connectivity index (χ1n) is 11.2. The van der Waals surface area contributed by atoms with Crippen molar-refractivity contribution in [1.82, 2.24) is 9.97 Å². The Morgan fingerprint density at radius 2 is 2.06 bits per heavy atom. The van der Waals surface area contributed by atoms with Crippen molar-refractivity contribution in [3.05, 3.63) is 86.3 Å². The fraction of sp³-hybridized carbons (Fsp3) is 0.269. The maximum absolute atomic E-state index is 12.6. The Balaban J connectivity index is 1.20. The highest BCUT2D eigenvalue weighted by Gasteiger charge is 2.21. The number of thioether (sulfide) groups is 1. The van der Waals surface area contributed by atoms with Crippen LogP contribution in [-0.2, 0) is 29.8 Å². The molecule has 1 amide bonds. The van der Waals surface area contributed by atoms with Crippen molar-refractivity contribution in [1.29, 1.82) is 0 Å². The number of anilines is 1. The van der Waals surface area contributed by atoms with Gasteiger partial charge >= 0.3 is 0 Å². The molecule has 0 saturated heterocycles. The summed E-state index contributed by atoms with van der Waals surface area (Å²) in [5.74, 6) is 2.05. The fourth-order valence-corrected chi connectivity index (χ4v) is 6.33. The van der Waals surface area contributed by atoms with E-state index < -0.39 is 0 Å². The molecule has 2 N–H and O–H groups in total. The number of ether oxygens (including phenoxy) is 1. The number of nitrogens with one attached hydrogen (secondary N) is 2. The van der Waals surface area contributed by atoms with Gasteiger partial charge in [-0.3, -0.25) is 9.59 Å². The molecule has 1 aliphatic rings. The fourth-order valence-electron chi connectivity index (χ4n) is 4.36. The molecule has 8 heteroatoms. The number of H-pyrrole nitrogens is 1. The molecule has 6 nitrogen and oxygen atoms in total. The second-order valence-corrected chi connectivity index (χ2v) is 10.3. The van der Waals surface area contributed by atoms with Crippen LogP contribution in [0.25, 0.3) is 10.2 Å². The first-order chi connectivity index (χ1) is 16.6. The summed E-state index contributed by atoms with van der Waals surface area (Å²) in [5.41, 5.74) is 4.04. The Kier molecular flexibility index (Phi) is 6.69. The average Bonchev–Trinajstić information content (AvgIpc) is 3.41. The van der Waals surface area contributed by atoms with Crippen LogP contribution >= 0.6 is 23.1 Å². The zero-order valence-electron chi connectivity index (χ0n) is 18.8. The van der Waals surface area contributed by atoms with E-state index in [4.69, 9.17) is 4.74 Å². The Labute approximate surface area is 205 Å². The van der Waals surface area contributed by atoms with E-state index in [9.17, 15) is 9.59 Å². The Hall–Kier alpha value is -3.10. The number of aromatic amines is 1. The highest BCUT2D eigenvalue weighted by atomic mass is 32.2. The second kappa shape index (κ2) is 10.0. The smallest absolute Gasteiger partial charge is 0.259 e. The van der Waals surface area contributed by atoms with Gasteiger partial charge in [0.1, 0.15) is 16.4 Å². The third-order valence-electron chi connectivity index (χ3n) is 5.90. The van der Waals surface area contributed by atoms with Crippen molar-refractivity contribution in [3.63, 3.8) is 0 Å². The predicted octanol–water partition coefficient (Wildman–Crippen LogP) is 4.94. The Morgan fingerprint density at radius 3 is 2.88 bits per heavy atom. The number of hydrogen-bond acceptors (Lipinski definition) is 6. The number of hydrogen-bond donors (Lipinski definition) is 2. The van der Waals surface area contributed by atoms with Crippen LogP contribution in [0.15, 0.2) is 53.3 Å². The van der Waals surface area contributed by atoms with Gasteiger partial charge in [0.2, 0.25) is 5.91 Å². The Morgan fingerprint density at radius 1 is 1.21 bits per heavy atom. The lowest BCUT2D eigenvalue weighted by Gasteiger charge is -2.12. The first-order valence-corrected chi connectivity index (χ1v) is 13.2. The molecule has 0 bridgehead atoms. The van der Waals surface area contributed by atoms with Crippen LogP contribution in [-0.4, -0.2) is 28.7 Å². The zero-order valence-corrected chi connectivity index (χ0v) is 20.5. The molecule has 0 unspecified atom stereocenters. The van der Waals surface area contributed by atoms with Gasteiger partial charge in [-0.25, -0.2) is 4.98 Å². The van der Waals surface area contributed by atoms with Gasteiger partial charge in [0.25, 0.3) is 5.56 Å². The maximum Gasteiger partial charge on any atom is 0.259 e. The van der Waals surface area contributed by atoms with Gasteiger partial charge in [-0.05, 0) is 48.6 Å². The molecule has 0 spiro atoms. The lowest BCUT2D eigenvalue weighted by atomic mass is 10.0. The molecule has 5 rings (SSSR count). The van der Waals surface area contributed by atoms with Gasteiger partial charge in [-0.2, -0.15) is 0 Å². The van der Waals surface area contributed by atoms with Crippen molar-refractivity contribution in [2.45, 2.75) is 31.4 Å². The van der Waals surface area contributed by atoms with Gasteiger partial charge in [-0.15, -0.1) is 23.1 Å². The molecule has 0 aliphatic heterocycles. The van der Waals surface area contributed by atoms with Crippen molar-refractivity contribution in [3.8, 4) is 5.75 Å². The van der Waals surface area contributed by atoms with Crippen LogP contribution in [0.5, 0.6) is 5.75 Å². The lowest BCUT2D eigenvalue weighted by molar-refractivity contribution is -0.113. The van der Waals surface area contributed by atoms with Gasteiger partial charge < -0.3 is 15.0 Å². The molecule has 2 aromatic carbocycles. The molecule has 1 aliphatic carbocycles. The van der Waals surface area contributed by atoms with Crippen molar-refractivity contribution in [2.24, 2.45) is 0 Å². The van der Waals surface area contributed by atoms with Crippen molar-refractivity contribution >= 4 is 44.9 Å². The second-order valence-electron chi connectivity index (χ2n) is 8.28. The third kappa shape index (κ3) is 4.88. The van der Waals surface area contributed by atoms with Crippen molar-refractivity contribution in [2.75, 3.05) is 18.2 Å². The SMILES string of the molecule is COc1ccc(NC(=O)CSCc2nc3sc4c(c3c(=O)[nH]2)CCC4)cc1Cc1ccccc1. The molecule has 0 radical (unpaired) electrons. The Bertz CT molecular complexity index is 1400. The van der Waals surface area contributed by atoms with E-state index in [1.807, 2.05) is 36.4 Å². The number of methoxy groups -OCH3 is 1. The van der Waals surface area contributed by atoms with Crippen LogP contribution < -0.4 is 15.6 Å². The number of carbonyl (C=O) groups excluding carboxylic acids is 1. The van der Waals surface area contributed by atoms with Gasteiger partial charge in [-0.1, -0.05) is 30.3 Å². The quantitative estimate of drug-likeness (QED) is 0.365. The lowest BCUT2D eigenvalue weighted by Crippen LogP contribution is -2.15. The van der Waals surface area contributed by atoms with E-state index in [-0.39, 0.29) is 17.2 Å². The van der Waals surface area contributed by atoms with Crippen molar-refractivity contribution < 1.29 is 9.53 Å². The summed E-state index contributed by atoms with van der Waals surface area (Å²) < 4.78 is 5.50. The maximum atomic E-state index is 12.6. The third-order valence-corrected chi connectivity index (χ3v) is 8.03. The molecular formula is C26H25N3O3S2. The number of fused-ring (bicyclic) bond motifs is 3. The molecule has 2 heterocycles. The highest BCUT2D eigenvalue weighted by molar-refractivity contribution is 7.99. The minimum atomic E-state index is -0.0978. The standard InChI is InChI=1S/C26H25N3O3S2/c1-32-20-11-10-18(13-17(20)12-16-6-3-2-4-7-16)27-23(30)15-33-14-22-28-25(31)24-19-8-5-9-21(19)34-26(24)29-22/h2-4,6-7,10-11,13H,5,8-9,12,14-15H2,1H3,(H,27,30)(H,28,29,31). The number of amides is 1. The van der Waals surface area contributed by atoms with Crippen LogP contribution in [0.4, 0.5) is 5.69 Å². The minimum absolute atomic E-state index is 0.0615. The van der Waals surface area contributed by atoms with E-state index in [1.54, 1.807) is 18.4 Å². The van der Waals surface area contributed by atoms with Gasteiger partial charge in [0.05, 0.1) is 24.0 Å². The van der Waals surface area contributed by atoms with Crippen LogP contribution in [0.3, 0.4) is 0 Å². The molecule has 0 saturated carbocycles. The van der Waals surface area contributed by atoms with Crippen LogP contribution in [0.1, 0.15) is 33.8 Å². The number of thiophene rings is 1. The van der Waals surface area contributed by atoms with Crippen LogP contribution in [0, 0.1) is 0 Å². The normalized spacial score (nSPS) is 12.6. The average molecular weight is 492 g/mol. The largest absolute Gasteiger partial charge is 0.496 e. The van der Waals surface area contributed by atoms with E-state index in [1.165, 1.54) is 27.8 Å². The monoisotopic (exact) mass is 491 g/mol. The number of nitrogens with zero attached hydrogens (tertiary/aromatic N) is 1. The summed E-state index contributed by atoms with van der Waals surface area (Å²) in [7, 11) is 1.65. The predicted molar refractivity (Wildman–Crippen MR) is 139 cm³/mol. The molecule has 0 atom stereocenters. The number of rotatable bonds is 8. The minimum Gasteiger partial charge on any atom is -0.496 e. The number of benzene rings is 2. The van der Waals surface area contributed by atoms with E-state index in [0.717, 1.165) is 52.9 Å². The molecule has 174 valence electrons. The van der Waals surface area contributed by atoms with Crippen LogP contribution in [0.2, 0.25) is 0 Å². The number of aryl methyl sites for hydroxylation is 2. The van der Waals surface area contributed by atoms with E-state index >= 15 is 0 Å². The number of aromatic nitrogens is 2. The summed E-state index contributed by atoms with van der Waals surface area (Å²) in [6.07, 6.45) is 3.84. The molecule has 0 fully saturated rings. The molecule has 34 heavy (non-hydrogen) atoms. The van der Waals surface area contributed by atoms with Gasteiger partial charge in [0.15, 0.2) is 0 Å². The van der Waals surface area contributed by atoms with E-state index in [0.29, 0.717) is 11.6 Å². The summed E-state index contributed by atoms with van der Waals surface area (Å²) in [6, 6.07) is 15.8. The molecule has 2 aromatic heterocycles. The molecule has 4 aromatic rings. The summed E-state index contributed by atoms with van der Waals surface area (Å²) in [6.45, 7) is 0. The topological polar surface area (TPSA) is 84.1 Å².